The highest BCUT2D eigenvalue weighted by Gasteiger charge is 2.33. The maximum absolute atomic E-state index is 12.4. The predicted octanol–water partition coefficient (Wildman–Crippen LogP) is 1.98. The van der Waals surface area contributed by atoms with Crippen LogP contribution in [-0.4, -0.2) is 52.4 Å². The number of carboxylic acids is 1. The average Bonchev–Trinajstić information content (AvgIpc) is 2.45. The summed E-state index contributed by atoms with van der Waals surface area (Å²) in [5, 5.41) is 20.4. The summed E-state index contributed by atoms with van der Waals surface area (Å²) in [6.45, 7) is -0.307. The fourth-order valence-corrected chi connectivity index (χ4v) is 1.85. The minimum Gasteiger partial charge on any atom is -0.508 e. The number of urea groups is 1. The molecule has 1 rings (SSSR count). The number of hydrogen-bond donors (Lipinski definition) is 3. The summed E-state index contributed by atoms with van der Waals surface area (Å²) in [5.74, 6) is -1.37. The third-order valence-corrected chi connectivity index (χ3v) is 3.01. The zero-order chi connectivity index (χ0) is 17.6. The molecule has 0 heterocycles. The number of nitrogens with one attached hydrogen (secondary N) is 1. The summed E-state index contributed by atoms with van der Waals surface area (Å²) in [4.78, 5) is 23.5. The monoisotopic (exact) mass is 334 g/mol. The van der Waals surface area contributed by atoms with Gasteiger partial charge in [-0.2, -0.15) is 13.2 Å². The lowest BCUT2D eigenvalue weighted by Gasteiger charge is -2.25. The number of benzene rings is 1. The average molecular weight is 334 g/mol. The van der Waals surface area contributed by atoms with Crippen molar-refractivity contribution in [3.05, 3.63) is 29.8 Å². The number of aliphatic carboxylic acids is 1. The van der Waals surface area contributed by atoms with Gasteiger partial charge >= 0.3 is 18.2 Å². The molecule has 0 bridgehead atoms. The lowest BCUT2D eigenvalue weighted by atomic mass is 10.1. The Hall–Kier alpha value is -2.45. The normalized spacial score (nSPS) is 12.5. The van der Waals surface area contributed by atoms with Crippen molar-refractivity contribution < 1.29 is 33.0 Å². The van der Waals surface area contributed by atoms with Crippen molar-refractivity contribution in [1.82, 2.24) is 10.2 Å². The minimum atomic E-state index is -4.57. The first-order valence-electron chi connectivity index (χ1n) is 6.75. The molecule has 0 radical (unpaired) electrons. The second-order valence-electron chi connectivity index (χ2n) is 4.84. The molecule has 0 aromatic heterocycles. The lowest BCUT2D eigenvalue weighted by Crippen LogP contribution is -2.51. The van der Waals surface area contributed by atoms with Crippen LogP contribution in [0.2, 0.25) is 0 Å². The molecule has 3 N–H and O–H groups in total. The molecular formula is C14H17F3N2O4. The van der Waals surface area contributed by atoms with Crippen LogP contribution in [0.25, 0.3) is 0 Å². The number of phenols is 1. The molecule has 1 atom stereocenters. The van der Waals surface area contributed by atoms with Gasteiger partial charge in [0.25, 0.3) is 0 Å². The summed E-state index contributed by atoms with van der Waals surface area (Å²) in [7, 11) is 0. The molecule has 9 heteroatoms. The Kier molecular flexibility index (Phi) is 6.23. The number of rotatable bonds is 6. The molecule has 0 saturated heterocycles. The largest absolute Gasteiger partial charge is 0.508 e. The smallest absolute Gasteiger partial charge is 0.406 e. The molecule has 0 fully saturated rings. The van der Waals surface area contributed by atoms with E-state index in [4.69, 9.17) is 10.2 Å². The molecule has 6 nitrogen and oxygen atoms in total. The molecule has 1 aromatic carbocycles. The van der Waals surface area contributed by atoms with Crippen LogP contribution >= 0.6 is 0 Å². The van der Waals surface area contributed by atoms with E-state index in [1.54, 1.807) is 0 Å². The zero-order valence-electron chi connectivity index (χ0n) is 12.3. The van der Waals surface area contributed by atoms with Crippen LogP contribution in [-0.2, 0) is 11.2 Å². The Labute approximate surface area is 130 Å². The van der Waals surface area contributed by atoms with E-state index in [0.29, 0.717) is 10.5 Å². The highest BCUT2D eigenvalue weighted by molar-refractivity contribution is 5.82. The second-order valence-corrected chi connectivity index (χ2v) is 4.84. The Morgan fingerprint density at radius 2 is 1.83 bits per heavy atom. The van der Waals surface area contributed by atoms with E-state index in [-0.39, 0.29) is 18.7 Å². The third-order valence-electron chi connectivity index (χ3n) is 3.01. The van der Waals surface area contributed by atoms with Crippen LogP contribution in [0.5, 0.6) is 5.75 Å². The Balaban J connectivity index is 2.76. The summed E-state index contributed by atoms with van der Waals surface area (Å²) >= 11 is 0. The third kappa shape index (κ3) is 6.45. The molecule has 1 aromatic rings. The number of carboxylic acid groups (broad SMARTS) is 1. The maximum atomic E-state index is 12.4. The molecule has 0 aliphatic rings. The van der Waals surface area contributed by atoms with Crippen molar-refractivity contribution in [2.45, 2.75) is 25.6 Å². The van der Waals surface area contributed by atoms with Crippen LogP contribution in [0.1, 0.15) is 12.5 Å². The van der Waals surface area contributed by atoms with Crippen molar-refractivity contribution in [2.75, 3.05) is 13.1 Å². The summed E-state index contributed by atoms with van der Waals surface area (Å²) < 4.78 is 37.1. The van der Waals surface area contributed by atoms with Gasteiger partial charge in [0.05, 0.1) is 0 Å². The molecule has 0 unspecified atom stereocenters. The van der Waals surface area contributed by atoms with E-state index in [1.807, 2.05) is 0 Å². The predicted molar refractivity (Wildman–Crippen MR) is 75.1 cm³/mol. The minimum absolute atomic E-state index is 0.00741. The number of carbonyl (C=O) groups excluding carboxylic acids is 1. The van der Waals surface area contributed by atoms with E-state index >= 15 is 0 Å². The molecule has 23 heavy (non-hydrogen) atoms. The topological polar surface area (TPSA) is 89.9 Å². The molecule has 0 aliphatic heterocycles. The van der Waals surface area contributed by atoms with Crippen LogP contribution in [0, 0.1) is 0 Å². The molecule has 128 valence electrons. The molecular weight excluding hydrogens is 317 g/mol. The standard InChI is InChI=1S/C14H17F3N2O4/c1-2-19(8-14(15,16)17)13(23)18-11(12(21)22)7-9-3-5-10(20)6-4-9/h3-6,11,20H,2,7-8H2,1H3,(H,18,23)(H,21,22)/t11-/m0/s1. The number of aromatic hydroxyl groups is 1. The van der Waals surface area contributed by atoms with Gasteiger partial charge in [-0.3, -0.25) is 0 Å². The number of nitrogens with zero attached hydrogens (tertiary/aromatic N) is 1. The first kappa shape index (κ1) is 18.6. The quantitative estimate of drug-likeness (QED) is 0.742. The first-order chi connectivity index (χ1) is 10.6. The maximum Gasteiger partial charge on any atom is 0.406 e. The number of halogens is 3. The number of hydrogen-bond acceptors (Lipinski definition) is 3. The van der Waals surface area contributed by atoms with Gasteiger partial charge in [0, 0.05) is 13.0 Å². The van der Waals surface area contributed by atoms with Gasteiger partial charge in [-0.25, -0.2) is 9.59 Å². The van der Waals surface area contributed by atoms with Gasteiger partial charge in [-0.15, -0.1) is 0 Å². The number of alkyl halides is 3. The van der Waals surface area contributed by atoms with Gasteiger partial charge in [-0.05, 0) is 24.6 Å². The fraction of sp³-hybridized carbons (Fsp3) is 0.429. The van der Waals surface area contributed by atoms with Gasteiger partial charge in [0.15, 0.2) is 0 Å². The number of phenolic OH excluding ortho intramolecular Hbond substituents is 1. The van der Waals surface area contributed by atoms with Gasteiger partial charge in [-0.1, -0.05) is 12.1 Å². The molecule has 0 spiro atoms. The second kappa shape index (κ2) is 7.70. The van der Waals surface area contributed by atoms with E-state index in [2.05, 4.69) is 5.32 Å². The van der Waals surface area contributed by atoms with Gasteiger partial charge in [0.2, 0.25) is 0 Å². The van der Waals surface area contributed by atoms with E-state index in [9.17, 15) is 22.8 Å². The molecule has 0 saturated carbocycles. The van der Waals surface area contributed by atoms with Crippen molar-refractivity contribution in [3.63, 3.8) is 0 Å². The van der Waals surface area contributed by atoms with E-state index < -0.39 is 30.8 Å². The van der Waals surface area contributed by atoms with Crippen molar-refractivity contribution >= 4 is 12.0 Å². The van der Waals surface area contributed by atoms with Crippen molar-refractivity contribution in [3.8, 4) is 5.75 Å². The highest BCUT2D eigenvalue weighted by Crippen LogP contribution is 2.16. The Morgan fingerprint density at radius 3 is 2.26 bits per heavy atom. The summed E-state index contributed by atoms with van der Waals surface area (Å²) in [6, 6.07) is 3.14. The van der Waals surface area contributed by atoms with E-state index in [1.165, 1.54) is 31.2 Å². The first-order valence-corrected chi connectivity index (χ1v) is 6.75. The fourth-order valence-electron chi connectivity index (χ4n) is 1.85. The number of amides is 2. The molecule has 0 aliphatic carbocycles. The van der Waals surface area contributed by atoms with Crippen molar-refractivity contribution in [1.29, 1.82) is 0 Å². The Morgan fingerprint density at radius 1 is 1.26 bits per heavy atom. The highest BCUT2D eigenvalue weighted by atomic mass is 19.4. The van der Waals surface area contributed by atoms with Gasteiger partial charge < -0.3 is 20.4 Å². The Bertz CT molecular complexity index is 546. The molecule has 2 amide bonds. The zero-order valence-corrected chi connectivity index (χ0v) is 12.3. The van der Waals surface area contributed by atoms with Crippen LogP contribution < -0.4 is 5.32 Å². The summed E-state index contributed by atoms with van der Waals surface area (Å²) in [5.41, 5.74) is 0.509. The van der Waals surface area contributed by atoms with Crippen LogP contribution in [0.3, 0.4) is 0 Å². The SMILES string of the molecule is CCN(CC(F)(F)F)C(=O)N[C@@H](Cc1ccc(O)cc1)C(=O)O. The summed E-state index contributed by atoms with van der Waals surface area (Å²) in [6.07, 6.45) is -4.69. The van der Waals surface area contributed by atoms with Gasteiger partial charge in [0.1, 0.15) is 18.3 Å². The van der Waals surface area contributed by atoms with Crippen LogP contribution in [0.15, 0.2) is 24.3 Å². The van der Waals surface area contributed by atoms with Crippen molar-refractivity contribution in [2.24, 2.45) is 0 Å². The lowest BCUT2D eigenvalue weighted by molar-refractivity contribution is -0.140. The number of carbonyl (C=O) groups is 2. The van der Waals surface area contributed by atoms with Crippen LogP contribution in [0.4, 0.5) is 18.0 Å². The van der Waals surface area contributed by atoms with E-state index in [0.717, 1.165) is 0 Å².